The van der Waals surface area contributed by atoms with Crippen molar-refractivity contribution >= 4 is 28.9 Å². The molecule has 0 unspecified atom stereocenters. The van der Waals surface area contributed by atoms with Gasteiger partial charge in [0.25, 0.3) is 5.56 Å². The van der Waals surface area contributed by atoms with E-state index in [-0.39, 0.29) is 21.2 Å². The molecule has 0 fully saturated rings. The maximum atomic E-state index is 12.6. The molecule has 0 saturated heterocycles. The number of carbonyl (C=O) groups is 1. The molecule has 3 rings (SSSR count). The summed E-state index contributed by atoms with van der Waals surface area (Å²) in [6.07, 6.45) is 0. The van der Waals surface area contributed by atoms with Crippen LogP contribution in [0, 0.1) is 13.8 Å². The fourth-order valence-electron chi connectivity index (χ4n) is 2.49. The summed E-state index contributed by atoms with van der Waals surface area (Å²) in [5.41, 5.74) is 2.88. The highest BCUT2D eigenvalue weighted by molar-refractivity contribution is 7.10. The van der Waals surface area contributed by atoms with Crippen molar-refractivity contribution in [3.63, 3.8) is 0 Å². The molecule has 0 aliphatic carbocycles. The predicted octanol–water partition coefficient (Wildman–Crippen LogP) is 4.40. The normalized spacial score (nSPS) is 10.7. The van der Waals surface area contributed by atoms with Crippen LogP contribution in [0.3, 0.4) is 0 Å². The van der Waals surface area contributed by atoms with Gasteiger partial charge in [-0.3, -0.25) is 9.59 Å². The zero-order valence-electron chi connectivity index (χ0n) is 12.7. The van der Waals surface area contributed by atoms with Crippen molar-refractivity contribution in [1.29, 1.82) is 0 Å². The smallest absolute Gasteiger partial charge is 0.284 e. The Kier molecular flexibility index (Phi) is 4.20. The first kappa shape index (κ1) is 15.7. The largest absolute Gasteiger partial charge is 0.288 e. The van der Waals surface area contributed by atoms with Crippen molar-refractivity contribution in [2.75, 3.05) is 0 Å². The Labute approximate surface area is 142 Å². The molecular weight excluding hydrogens is 330 g/mol. The van der Waals surface area contributed by atoms with E-state index in [1.165, 1.54) is 3.96 Å². The first-order valence-corrected chi connectivity index (χ1v) is 8.24. The molecule has 1 aromatic heterocycles. The van der Waals surface area contributed by atoms with E-state index in [1.807, 2.05) is 38.1 Å². The van der Waals surface area contributed by atoms with Gasteiger partial charge in [0.15, 0.2) is 0 Å². The summed E-state index contributed by atoms with van der Waals surface area (Å²) >= 11 is 7.26. The summed E-state index contributed by atoms with van der Waals surface area (Å²) in [6, 6.07) is 14.6. The Morgan fingerprint density at radius 3 is 2.22 bits per heavy atom. The SMILES string of the molecule is Cc1cccc(C)c1-n1sc(C(=O)c2ccccc2)c(Cl)c1=O. The first-order valence-electron chi connectivity index (χ1n) is 7.09. The second-order valence-electron chi connectivity index (χ2n) is 5.27. The summed E-state index contributed by atoms with van der Waals surface area (Å²) in [6.45, 7) is 3.86. The number of nitrogens with zero attached hydrogens (tertiary/aromatic N) is 1. The van der Waals surface area contributed by atoms with Gasteiger partial charge in [0.1, 0.15) is 9.90 Å². The standard InChI is InChI=1S/C18H14ClNO2S/c1-11-7-6-8-12(2)15(11)20-18(22)14(19)17(23-20)16(21)13-9-4-3-5-10-13/h3-10H,1-2H3. The number of ketones is 1. The van der Waals surface area contributed by atoms with Crippen LogP contribution in [0.25, 0.3) is 5.69 Å². The number of carbonyl (C=O) groups excluding carboxylic acids is 1. The fourth-order valence-corrected chi connectivity index (χ4v) is 3.92. The van der Waals surface area contributed by atoms with Crippen LogP contribution in [0.4, 0.5) is 0 Å². The van der Waals surface area contributed by atoms with Gasteiger partial charge in [-0.25, -0.2) is 3.96 Å². The fraction of sp³-hybridized carbons (Fsp3) is 0.111. The summed E-state index contributed by atoms with van der Waals surface area (Å²) < 4.78 is 1.50. The van der Waals surface area contributed by atoms with Gasteiger partial charge in [-0.05, 0) is 36.5 Å². The molecule has 0 radical (unpaired) electrons. The predicted molar refractivity (Wildman–Crippen MR) is 94.3 cm³/mol. The van der Waals surface area contributed by atoms with Crippen LogP contribution in [-0.2, 0) is 0 Å². The average molecular weight is 344 g/mol. The molecule has 0 spiro atoms. The maximum absolute atomic E-state index is 12.6. The minimum atomic E-state index is -0.353. The van der Waals surface area contributed by atoms with Crippen LogP contribution in [0.2, 0.25) is 5.02 Å². The third kappa shape index (κ3) is 2.76. The van der Waals surface area contributed by atoms with Crippen molar-refractivity contribution in [2.45, 2.75) is 13.8 Å². The van der Waals surface area contributed by atoms with Gasteiger partial charge in [0, 0.05) is 5.56 Å². The number of hydrogen-bond donors (Lipinski definition) is 0. The lowest BCUT2D eigenvalue weighted by molar-refractivity contribution is 0.104. The average Bonchev–Trinajstić information content (AvgIpc) is 2.84. The Morgan fingerprint density at radius 1 is 1.00 bits per heavy atom. The zero-order valence-corrected chi connectivity index (χ0v) is 14.2. The molecule has 3 nitrogen and oxygen atoms in total. The molecule has 1 heterocycles. The van der Waals surface area contributed by atoms with Gasteiger partial charge in [-0.1, -0.05) is 60.1 Å². The van der Waals surface area contributed by atoms with Gasteiger partial charge < -0.3 is 0 Å². The molecule has 116 valence electrons. The third-order valence-corrected chi connectivity index (χ3v) is 5.20. The molecular formula is C18H14ClNO2S. The van der Waals surface area contributed by atoms with Gasteiger partial charge in [-0.2, -0.15) is 0 Å². The van der Waals surface area contributed by atoms with E-state index in [2.05, 4.69) is 0 Å². The molecule has 0 bridgehead atoms. The van der Waals surface area contributed by atoms with E-state index in [0.717, 1.165) is 28.3 Å². The molecule has 23 heavy (non-hydrogen) atoms. The van der Waals surface area contributed by atoms with Crippen LogP contribution >= 0.6 is 23.1 Å². The number of para-hydroxylation sites is 1. The molecule has 2 aromatic carbocycles. The van der Waals surface area contributed by atoms with Gasteiger partial charge in [0.05, 0.1) is 5.69 Å². The van der Waals surface area contributed by atoms with Crippen molar-refractivity contribution in [3.8, 4) is 5.69 Å². The highest BCUT2D eigenvalue weighted by Gasteiger charge is 2.22. The highest BCUT2D eigenvalue weighted by atomic mass is 35.5. The first-order chi connectivity index (χ1) is 11.0. The summed E-state index contributed by atoms with van der Waals surface area (Å²) in [4.78, 5) is 25.4. The molecule has 0 atom stereocenters. The lowest BCUT2D eigenvalue weighted by Gasteiger charge is -2.08. The van der Waals surface area contributed by atoms with Gasteiger partial charge >= 0.3 is 0 Å². The van der Waals surface area contributed by atoms with E-state index in [1.54, 1.807) is 24.3 Å². The number of rotatable bonds is 3. The molecule has 0 aliphatic heterocycles. The van der Waals surface area contributed by atoms with E-state index in [0.29, 0.717) is 5.56 Å². The monoisotopic (exact) mass is 343 g/mol. The van der Waals surface area contributed by atoms with Crippen molar-refractivity contribution < 1.29 is 4.79 Å². The molecule has 5 heteroatoms. The summed E-state index contributed by atoms with van der Waals surface area (Å²) in [5.74, 6) is -0.234. The summed E-state index contributed by atoms with van der Waals surface area (Å²) in [7, 11) is 0. The van der Waals surface area contributed by atoms with E-state index < -0.39 is 0 Å². The Morgan fingerprint density at radius 2 is 1.61 bits per heavy atom. The lowest BCUT2D eigenvalue weighted by atomic mass is 10.1. The second-order valence-corrected chi connectivity index (χ2v) is 6.60. The van der Waals surface area contributed by atoms with E-state index in [9.17, 15) is 9.59 Å². The zero-order chi connectivity index (χ0) is 16.6. The molecule has 0 amide bonds. The van der Waals surface area contributed by atoms with Crippen molar-refractivity contribution in [1.82, 2.24) is 3.96 Å². The third-order valence-electron chi connectivity index (χ3n) is 3.64. The topological polar surface area (TPSA) is 39.1 Å². The quantitative estimate of drug-likeness (QED) is 0.661. The second kappa shape index (κ2) is 6.14. The van der Waals surface area contributed by atoms with Crippen LogP contribution in [0.15, 0.2) is 53.3 Å². The highest BCUT2D eigenvalue weighted by Crippen LogP contribution is 2.27. The van der Waals surface area contributed by atoms with Crippen LogP contribution in [0.5, 0.6) is 0 Å². The van der Waals surface area contributed by atoms with E-state index >= 15 is 0 Å². The van der Waals surface area contributed by atoms with Crippen LogP contribution in [0.1, 0.15) is 26.4 Å². The van der Waals surface area contributed by atoms with E-state index in [4.69, 9.17) is 11.6 Å². The minimum Gasteiger partial charge on any atom is -0.288 e. The number of aryl methyl sites for hydroxylation is 2. The van der Waals surface area contributed by atoms with Crippen molar-refractivity contribution in [2.24, 2.45) is 0 Å². The molecule has 0 saturated carbocycles. The van der Waals surface area contributed by atoms with Crippen LogP contribution < -0.4 is 5.56 Å². The van der Waals surface area contributed by atoms with Gasteiger partial charge in [-0.15, -0.1) is 0 Å². The van der Waals surface area contributed by atoms with Crippen molar-refractivity contribution in [3.05, 3.63) is 85.5 Å². The molecule has 0 N–H and O–H groups in total. The van der Waals surface area contributed by atoms with Gasteiger partial charge in [0.2, 0.25) is 5.78 Å². The Balaban J connectivity index is 2.17. The Bertz CT molecular complexity index is 921. The van der Waals surface area contributed by atoms with Crippen LogP contribution in [-0.4, -0.2) is 9.74 Å². The number of aromatic nitrogens is 1. The number of hydrogen-bond acceptors (Lipinski definition) is 3. The maximum Gasteiger partial charge on any atom is 0.284 e. The minimum absolute atomic E-state index is 0.0218. The molecule has 3 aromatic rings. The number of halogens is 1. The lowest BCUT2D eigenvalue weighted by Crippen LogP contribution is -2.13. The summed E-state index contributed by atoms with van der Waals surface area (Å²) in [5, 5.41) is -0.0218. The Hall–Kier alpha value is -2.17. The number of benzene rings is 2. The molecule has 0 aliphatic rings.